The van der Waals surface area contributed by atoms with E-state index < -0.39 is 24.4 Å². The number of hydrogen-bond acceptors (Lipinski definition) is 8. The highest BCUT2D eigenvalue weighted by atomic mass is 16.6. The lowest BCUT2D eigenvalue weighted by molar-refractivity contribution is -0.126. The highest BCUT2D eigenvalue weighted by Gasteiger charge is 2.41. The van der Waals surface area contributed by atoms with Gasteiger partial charge in [-0.3, -0.25) is 9.59 Å². The third-order valence-electron chi connectivity index (χ3n) is 10.2. The quantitative estimate of drug-likeness (QED) is 0.195. The Kier molecular flexibility index (Phi) is 15.2. The predicted octanol–water partition coefficient (Wildman–Crippen LogP) is 10.7. The van der Waals surface area contributed by atoms with E-state index >= 15 is 0 Å². The number of allylic oxidation sites excluding steroid dienone is 20. The Labute approximate surface area is 342 Å². The van der Waals surface area contributed by atoms with E-state index in [4.69, 9.17) is 9.47 Å². The van der Waals surface area contributed by atoms with Crippen molar-refractivity contribution in [2.75, 3.05) is 0 Å². The van der Waals surface area contributed by atoms with Crippen molar-refractivity contribution in [1.29, 1.82) is 0 Å². The summed E-state index contributed by atoms with van der Waals surface area (Å²) in [6.07, 6.45) is 34.7. The maximum Gasteiger partial charge on any atom is 0.419 e. The van der Waals surface area contributed by atoms with E-state index in [2.05, 4.69) is 37.7 Å². The maximum absolute atomic E-state index is 13.1. The van der Waals surface area contributed by atoms with Crippen LogP contribution in [0.5, 0.6) is 0 Å². The van der Waals surface area contributed by atoms with E-state index in [1.165, 1.54) is 46.6 Å². The van der Waals surface area contributed by atoms with Gasteiger partial charge in [0.25, 0.3) is 0 Å². The zero-order chi connectivity index (χ0) is 42.6. The summed E-state index contributed by atoms with van der Waals surface area (Å²) >= 11 is 0. The molecule has 4 rings (SSSR count). The van der Waals surface area contributed by atoms with Crippen molar-refractivity contribution in [3.63, 3.8) is 0 Å². The number of ether oxygens (including phenoxy) is 2. The van der Waals surface area contributed by atoms with Crippen LogP contribution in [0.4, 0.5) is 9.59 Å². The summed E-state index contributed by atoms with van der Waals surface area (Å²) in [7, 11) is 0. The molecule has 0 amide bonds. The molecule has 304 valence electrons. The molecule has 2 aliphatic carbocycles. The van der Waals surface area contributed by atoms with Crippen LogP contribution in [-0.4, -0.2) is 55.1 Å². The van der Waals surface area contributed by atoms with Gasteiger partial charge >= 0.3 is 12.2 Å². The highest BCUT2D eigenvalue weighted by molar-refractivity contribution is 6.02. The Morgan fingerprint density at radius 1 is 0.603 bits per heavy atom. The van der Waals surface area contributed by atoms with Gasteiger partial charge in [0.15, 0.2) is 23.8 Å². The highest BCUT2D eigenvalue weighted by Crippen LogP contribution is 2.42. The largest absolute Gasteiger partial charge is 0.437 e. The number of hydrogen-bond donors (Lipinski definition) is 0. The molecule has 2 atom stereocenters. The van der Waals surface area contributed by atoms with Crippen molar-refractivity contribution in [3.05, 3.63) is 167 Å². The normalized spacial score (nSPS) is 21.2. The van der Waals surface area contributed by atoms with Crippen LogP contribution in [-0.2, 0) is 19.1 Å². The van der Waals surface area contributed by atoms with Crippen LogP contribution in [0.1, 0.15) is 82.1 Å². The molecule has 0 aromatic carbocycles. The monoisotopic (exact) mass is 784 g/mol. The van der Waals surface area contributed by atoms with Crippen molar-refractivity contribution in [3.8, 4) is 0 Å². The van der Waals surface area contributed by atoms with Crippen LogP contribution in [0, 0.1) is 10.8 Å². The third kappa shape index (κ3) is 12.2. The van der Waals surface area contributed by atoms with Gasteiger partial charge in [0.2, 0.25) is 0 Å². The predicted molar refractivity (Wildman–Crippen MR) is 229 cm³/mol. The molecule has 0 aliphatic heterocycles. The van der Waals surface area contributed by atoms with Crippen molar-refractivity contribution in [2.45, 2.75) is 94.3 Å². The fraction of sp³-hybridized carbons (Fsp3) is 0.333. The Hall–Kier alpha value is -6.16. The van der Waals surface area contributed by atoms with Gasteiger partial charge in [-0.15, -0.1) is 0 Å². The second-order valence-corrected chi connectivity index (χ2v) is 16.1. The van der Waals surface area contributed by atoms with Gasteiger partial charge < -0.3 is 9.47 Å². The Morgan fingerprint density at radius 3 is 1.29 bits per heavy atom. The summed E-state index contributed by atoms with van der Waals surface area (Å²) in [5.74, 6) is -0.365. The fourth-order valence-electron chi connectivity index (χ4n) is 6.86. The molecule has 0 bridgehead atoms. The molecular formula is C48H56N4O6. The summed E-state index contributed by atoms with van der Waals surface area (Å²) in [5, 5.41) is 0. The van der Waals surface area contributed by atoms with Gasteiger partial charge in [-0.25, -0.2) is 28.7 Å². The van der Waals surface area contributed by atoms with Gasteiger partial charge in [-0.1, -0.05) is 135 Å². The van der Waals surface area contributed by atoms with Crippen molar-refractivity contribution < 1.29 is 28.7 Å². The topological polar surface area (TPSA) is 122 Å². The summed E-state index contributed by atoms with van der Waals surface area (Å²) < 4.78 is 13.5. The van der Waals surface area contributed by atoms with Crippen molar-refractivity contribution in [2.24, 2.45) is 10.8 Å². The van der Waals surface area contributed by atoms with E-state index in [9.17, 15) is 19.2 Å². The number of aromatic nitrogens is 4. The van der Waals surface area contributed by atoms with E-state index in [-0.39, 0.29) is 22.4 Å². The van der Waals surface area contributed by atoms with Gasteiger partial charge in [0.1, 0.15) is 12.7 Å². The second-order valence-electron chi connectivity index (χ2n) is 16.1. The molecular weight excluding hydrogens is 729 g/mol. The molecule has 58 heavy (non-hydrogen) atoms. The number of carbonyl (C=O) groups is 4. The Balaban J connectivity index is 1.28. The lowest BCUT2D eigenvalue weighted by Gasteiger charge is -2.36. The summed E-state index contributed by atoms with van der Waals surface area (Å²) in [6.45, 7) is 19.9. The first-order valence-electron chi connectivity index (χ1n) is 19.4. The summed E-state index contributed by atoms with van der Waals surface area (Å²) in [5.41, 5.74) is 6.56. The van der Waals surface area contributed by atoms with Crippen LogP contribution in [0.25, 0.3) is 0 Å². The molecule has 0 saturated carbocycles. The molecule has 2 aliphatic rings. The molecule has 2 heterocycles. The van der Waals surface area contributed by atoms with E-state index in [1.54, 1.807) is 13.8 Å². The van der Waals surface area contributed by atoms with Crippen LogP contribution in [0.15, 0.2) is 167 Å². The molecule has 2 unspecified atom stereocenters. The standard InChI is InChI=1S/C48H56N4O6/c1-33(17-13-19-35(3)21-23-39-37(5)43(53)41(29-47(39,7)8)57-45(55)51-27-25-49-31-51)15-11-12-16-34(2)18-14-20-36(4)22-24-40-38(6)44(54)42(30-48(40,9)10)58-46(56)52-28-26-50-32-52/h11-28,31-32,41-42H,29-30H2,1-10H3/b12-11+,17-13+,18-14+,23-21+,24-22+,33-15+,34-16+,35-19+,36-20+. The average molecular weight is 785 g/mol. The number of carbonyl (C=O) groups excluding carboxylic acids is 4. The minimum absolute atomic E-state index is 0.182. The zero-order valence-electron chi connectivity index (χ0n) is 35.4. The lowest BCUT2D eigenvalue weighted by Crippen LogP contribution is -2.39. The summed E-state index contributed by atoms with van der Waals surface area (Å²) in [4.78, 5) is 58.8. The number of rotatable bonds is 12. The average Bonchev–Trinajstić information content (AvgIpc) is 3.90. The SMILES string of the molecule is CC1=C(/C=C/C(C)=C/C=C/C(C)=C/C=C/C=C(C)/C=C/C=C(C)/C=C/C2=C(C)C(=O)C(OC(=O)n3ccnc3)CC2(C)C)C(C)(C)CC(OC(=O)n2ccnc2)C1=O. The van der Waals surface area contributed by atoms with E-state index in [0.717, 1.165) is 33.4 Å². The second kappa shape index (κ2) is 19.8. The minimum atomic E-state index is -0.841. The van der Waals surface area contributed by atoms with Gasteiger partial charge in [0.05, 0.1) is 0 Å². The van der Waals surface area contributed by atoms with E-state index in [1.807, 2.05) is 113 Å². The number of ketones is 2. The van der Waals surface area contributed by atoms with Crippen LogP contribution in [0.2, 0.25) is 0 Å². The molecule has 0 spiro atoms. The first-order chi connectivity index (χ1) is 27.4. The number of nitrogens with zero attached hydrogens (tertiary/aromatic N) is 4. The molecule has 0 fully saturated rings. The Bertz CT molecular complexity index is 2050. The molecule has 0 N–H and O–H groups in total. The lowest BCUT2D eigenvalue weighted by atomic mass is 9.71. The van der Waals surface area contributed by atoms with Gasteiger partial charge in [-0.2, -0.15) is 0 Å². The van der Waals surface area contributed by atoms with Crippen molar-refractivity contribution >= 4 is 23.8 Å². The molecule has 0 radical (unpaired) electrons. The fourth-order valence-corrected chi connectivity index (χ4v) is 6.86. The smallest absolute Gasteiger partial charge is 0.419 e. The molecule has 2 aromatic heterocycles. The van der Waals surface area contributed by atoms with Gasteiger partial charge in [-0.05, 0) is 74.7 Å². The van der Waals surface area contributed by atoms with Crippen LogP contribution >= 0.6 is 0 Å². The number of imidazole rings is 2. The Morgan fingerprint density at radius 2 is 0.948 bits per heavy atom. The molecule has 10 nitrogen and oxygen atoms in total. The maximum atomic E-state index is 13.1. The van der Waals surface area contributed by atoms with E-state index in [0.29, 0.717) is 24.0 Å². The first-order valence-corrected chi connectivity index (χ1v) is 19.4. The molecule has 0 saturated heterocycles. The molecule has 10 heteroatoms. The number of Topliss-reactive ketones (excluding diaryl/α,β-unsaturated/α-hetero) is 2. The van der Waals surface area contributed by atoms with Crippen LogP contribution in [0.3, 0.4) is 0 Å². The minimum Gasteiger partial charge on any atom is -0.437 e. The zero-order valence-corrected chi connectivity index (χ0v) is 35.4. The summed E-state index contributed by atoms with van der Waals surface area (Å²) in [6, 6.07) is 0. The van der Waals surface area contributed by atoms with Gasteiger partial charge in [0, 0.05) is 37.6 Å². The molecule has 2 aromatic rings. The first kappa shape index (κ1) is 44.6. The third-order valence-corrected chi connectivity index (χ3v) is 10.2. The van der Waals surface area contributed by atoms with Crippen LogP contribution < -0.4 is 0 Å². The van der Waals surface area contributed by atoms with Crippen molar-refractivity contribution in [1.82, 2.24) is 19.1 Å².